The molecule has 244 valence electrons. The van der Waals surface area contributed by atoms with Crippen molar-refractivity contribution >= 4 is 33.4 Å². The molecule has 6 rings (SSSR count). The molecule has 4 aliphatic rings. The van der Waals surface area contributed by atoms with E-state index in [2.05, 4.69) is 23.1 Å². The van der Waals surface area contributed by atoms with Crippen LogP contribution >= 0.6 is 11.6 Å². The highest BCUT2D eigenvalue weighted by Gasteiger charge is 2.45. The van der Waals surface area contributed by atoms with Crippen LogP contribution in [0.3, 0.4) is 0 Å². The van der Waals surface area contributed by atoms with E-state index in [-0.39, 0.29) is 30.0 Å². The van der Waals surface area contributed by atoms with Crippen molar-refractivity contribution in [3.8, 4) is 5.75 Å². The summed E-state index contributed by atoms with van der Waals surface area (Å²) in [5, 5.41) is 0.761. The lowest BCUT2D eigenvalue weighted by Crippen LogP contribution is -2.50. The second-order valence-electron chi connectivity index (χ2n) is 13.3. The average molecular weight is 658 g/mol. The molecule has 0 saturated heterocycles. The molecule has 2 aromatic rings. The number of carbonyl (C=O) groups is 1. The van der Waals surface area contributed by atoms with E-state index in [1.165, 1.54) is 23.8 Å². The van der Waals surface area contributed by atoms with Gasteiger partial charge in [0.25, 0.3) is 10.1 Å². The maximum atomic E-state index is 12.6. The molecule has 1 saturated carbocycles. The van der Waals surface area contributed by atoms with Crippen LogP contribution in [-0.2, 0) is 35.6 Å². The zero-order valence-corrected chi connectivity index (χ0v) is 28.0. The Balaban J connectivity index is 1.26. The number of carbonyl (C=O) groups excluding carboxylic acids is 1. The third-order valence-corrected chi connectivity index (χ3v) is 11.3. The predicted octanol–water partition coefficient (Wildman–Crippen LogP) is 6.34. The Hall–Kier alpha value is -2.59. The molecule has 3 aliphatic carbocycles. The highest BCUT2D eigenvalue weighted by atomic mass is 35.5. The van der Waals surface area contributed by atoms with Gasteiger partial charge in [0.05, 0.1) is 43.9 Å². The number of methoxy groups -OCH3 is 2. The van der Waals surface area contributed by atoms with Crippen LogP contribution in [0, 0.1) is 17.8 Å². The molecule has 0 bridgehead atoms. The smallest absolute Gasteiger partial charge is 0.337 e. The first kappa shape index (κ1) is 32.4. The van der Waals surface area contributed by atoms with Crippen LogP contribution in [0.15, 0.2) is 48.0 Å². The molecule has 0 unspecified atom stereocenters. The molecule has 0 aromatic heterocycles. The first-order chi connectivity index (χ1) is 21.6. The number of hydrogen-bond donors (Lipinski definition) is 0. The van der Waals surface area contributed by atoms with Gasteiger partial charge in [-0.05, 0) is 116 Å². The van der Waals surface area contributed by atoms with Crippen LogP contribution < -0.4 is 9.64 Å². The number of nitrogens with zero attached hydrogens (tertiary/aromatic N) is 1. The quantitative estimate of drug-likeness (QED) is 0.175. The summed E-state index contributed by atoms with van der Waals surface area (Å²) < 4.78 is 45.9. The van der Waals surface area contributed by atoms with E-state index in [4.69, 9.17) is 30.0 Å². The Morgan fingerprint density at radius 2 is 1.98 bits per heavy atom. The van der Waals surface area contributed by atoms with E-state index >= 15 is 0 Å². The number of rotatable bonds is 9. The van der Waals surface area contributed by atoms with Crippen molar-refractivity contribution in [3.05, 3.63) is 69.8 Å². The van der Waals surface area contributed by atoms with Gasteiger partial charge in [-0.1, -0.05) is 23.7 Å². The highest BCUT2D eigenvalue weighted by molar-refractivity contribution is 7.85. The summed E-state index contributed by atoms with van der Waals surface area (Å²) in [6.07, 6.45) is 11.2. The lowest BCUT2D eigenvalue weighted by atomic mass is 9.66. The fourth-order valence-electron chi connectivity index (χ4n) is 8.00. The fraction of sp³-hybridized carbons (Fsp3) is 0.571. The Morgan fingerprint density at radius 1 is 1.13 bits per heavy atom. The van der Waals surface area contributed by atoms with E-state index in [0.717, 1.165) is 87.2 Å². The van der Waals surface area contributed by atoms with Crippen molar-refractivity contribution in [2.24, 2.45) is 17.8 Å². The van der Waals surface area contributed by atoms with Crippen molar-refractivity contribution in [1.82, 2.24) is 0 Å². The molecular weight excluding hydrogens is 614 g/mol. The molecular formula is C35H44ClNO7S. The predicted molar refractivity (Wildman–Crippen MR) is 175 cm³/mol. The van der Waals surface area contributed by atoms with E-state index < -0.39 is 10.1 Å². The van der Waals surface area contributed by atoms with Crippen LogP contribution in [-0.4, -0.2) is 67.3 Å². The van der Waals surface area contributed by atoms with Gasteiger partial charge in [-0.2, -0.15) is 8.42 Å². The van der Waals surface area contributed by atoms with Gasteiger partial charge in [0.15, 0.2) is 0 Å². The summed E-state index contributed by atoms with van der Waals surface area (Å²) in [4.78, 5) is 15.0. The van der Waals surface area contributed by atoms with Gasteiger partial charge in [0.2, 0.25) is 0 Å². The number of fused-ring (bicyclic) bond motifs is 3. The fourth-order valence-corrected chi connectivity index (χ4v) is 8.64. The number of benzene rings is 2. The third-order valence-electron chi connectivity index (χ3n) is 10.5. The zero-order chi connectivity index (χ0) is 31.8. The number of halogens is 1. The Labute approximate surface area is 272 Å². The first-order valence-electron chi connectivity index (χ1n) is 16.0. The van der Waals surface area contributed by atoms with Gasteiger partial charge in [0.1, 0.15) is 5.75 Å². The standard InChI is InChI=1S/C35H44ClNO7S/c1-41-33(24-8-6-23(7-9-24)20-44-45(3,39)40)29-13-10-27(29)19-37-21-35(16-4-5-25-17-28(36)12-14-30(25)35)22-43-32-15-11-26(18-31(32)37)34(38)42-2/h8,11-12,14-15,17-18,23,27,29,33H,4-7,9-10,13,16,19-22H2,1-3H3/t23-,27-,29+,33+,35-/m0/s1. The molecule has 0 radical (unpaired) electrons. The summed E-state index contributed by atoms with van der Waals surface area (Å²) in [7, 11) is -0.229. The van der Waals surface area contributed by atoms with Gasteiger partial charge >= 0.3 is 5.97 Å². The summed E-state index contributed by atoms with van der Waals surface area (Å²) in [5.41, 5.74) is 5.16. The second-order valence-corrected chi connectivity index (χ2v) is 15.4. The van der Waals surface area contributed by atoms with E-state index in [9.17, 15) is 13.2 Å². The number of allylic oxidation sites excluding steroid dienone is 1. The van der Waals surface area contributed by atoms with Crippen LogP contribution in [0.1, 0.15) is 66.4 Å². The van der Waals surface area contributed by atoms with Gasteiger partial charge in [-0.3, -0.25) is 4.18 Å². The molecule has 0 amide bonds. The van der Waals surface area contributed by atoms with Crippen LogP contribution in [0.2, 0.25) is 5.02 Å². The molecule has 0 N–H and O–H groups in total. The Kier molecular flexibility index (Phi) is 9.53. The van der Waals surface area contributed by atoms with Gasteiger partial charge in [-0.25, -0.2) is 4.79 Å². The third kappa shape index (κ3) is 6.92. The SMILES string of the molecule is COC(=O)c1ccc2c(c1)N(C[C@@H]1CC[C@H]1[C@H](OC)C1=CC[C@H](COS(C)(=O)=O)CC1)C[C@@]1(CCCc3cc(Cl)ccc31)CO2. The van der Waals surface area contributed by atoms with Crippen LogP contribution in [0.25, 0.3) is 0 Å². The molecule has 1 spiro atoms. The van der Waals surface area contributed by atoms with Gasteiger partial charge < -0.3 is 19.1 Å². The maximum absolute atomic E-state index is 12.6. The molecule has 1 fully saturated rings. The number of aryl methyl sites for hydroxylation is 1. The van der Waals surface area contributed by atoms with Gasteiger partial charge in [0, 0.05) is 30.6 Å². The molecule has 5 atom stereocenters. The largest absolute Gasteiger partial charge is 0.490 e. The second kappa shape index (κ2) is 13.3. The minimum atomic E-state index is -3.44. The summed E-state index contributed by atoms with van der Waals surface area (Å²) in [6.45, 7) is 2.40. The topological polar surface area (TPSA) is 91.4 Å². The van der Waals surface area contributed by atoms with E-state index in [1.807, 2.05) is 18.2 Å². The summed E-state index contributed by atoms with van der Waals surface area (Å²) in [5.74, 6) is 1.40. The number of esters is 1. The summed E-state index contributed by atoms with van der Waals surface area (Å²) in [6, 6.07) is 11.9. The van der Waals surface area contributed by atoms with E-state index in [1.54, 1.807) is 13.2 Å². The van der Waals surface area contributed by atoms with Crippen molar-refractivity contribution < 1.29 is 31.6 Å². The molecule has 2 aromatic carbocycles. The van der Waals surface area contributed by atoms with Crippen LogP contribution in [0.4, 0.5) is 5.69 Å². The molecule has 8 nitrogen and oxygen atoms in total. The normalized spacial score (nSPS) is 26.9. The van der Waals surface area contributed by atoms with Crippen LogP contribution in [0.5, 0.6) is 5.75 Å². The lowest BCUT2D eigenvalue weighted by molar-refractivity contribution is 0.00284. The number of anilines is 1. The minimum absolute atomic E-state index is 0.0242. The number of hydrogen-bond acceptors (Lipinski definition) is 8. The van der Waals surface area contributed by atoms with Crippen molar-refractivity contribution in [2.75, 3.05) is 51.7 Å². The maximum Gasteiger partial charge on any atom is 0.337 e. The highest BCUT2D eigenvalue weighted by Crippen LogP contribution is 2.48. The molecule has 1 aliphatic heterocycles. The lowest BCUT2D eigenvalue weighted by Gasteiger charge is -2.47. The van der Waals surface area contributed by atoms with Crippen molar-refractivity contribution in [3.63, 3.8) is 0 Å². The Bertz CT molecular complexity index is 1560. The Morgan fingerprint density at radius 3 is 2.67 bits per heavy atom. The minimum Gasteiger partial charge on any atom is -0.490 e. The summed E-state index contributed by atoms with van der Waals surface area (Å²) >= 11 is 6.43. The van der Waals surface area contributed by atoms with Crippen molar-refractivity contribution in [1.29, 1.82) is 0 Å². The molecule has 10 heteroatoms. The van der Waals surface area contributed by atoms with Crippen molar-refractivity contribution in [2.45, 2.75) is 62.9 Å². The molecule has 45 heavy (non-hydrogen) atoms. The van der Waals surface area contributed by atoms with Gasteiger partial charge in [-0.15, -0.1) is 0 Å². The van der Waals surface area contributed by atoms with E-state index in [0.29, 0.717) is 24.0 Å². The number of ether oxygens (including phenoxy) is 3. The monoisotopic (exact) mass is 657 g/mol. The zero-order valence-electron chi connectivity index (χ0n) is 26.4. The molecule has 1 heterocycles. The first-order valence-corrected chi connectivity index (χ1v) is 18.2. The average Bonchev–Trinajstić information content (AvgIpc) is 3.17.